The van der Waals surface area contributed by atoms with Crippen molar-refractivity contribution in [3.05, 3.63) is 51.0 Å². The van der Waals surface area contributed by atoms with Crippen molar-refractivity contribution in [2.75, 3.05) is 6.54 Å². The van der Waals surface area contributed by atoms with Crippen molar-refractivity contribution in [3.8, 4) is 0 Å². The number of halogens is 1. The third-order valence-electron chi connectivity index (χ3n) is 2.01. The van der Waals surface area contributed by atoms with Crippen molar-refractivity contribution in [2.45, 2.75) is 6.54 Å². The summed E-state index contributed by atoms with van der Waals surface area (Å²) in [6, 6.07) is 5.96. The van der Waals surface area contributed by atoms with Crippen molar-refractivity contribution in [1.29, 1.82) is 0 Å². The summed E-state index contributed by atoms with van der Waals surface area (Å²) in [4.78, 5) is 1.33. The fourth-order valence-electron chi connectivity index (χ4n) is 1.29. The van der Waals surface area contributed by atoms with Gasteiger partial charge in [-0.25, -0.2) is 0 Å². The summed E-state index contributed by atoms with van der Waals surface area (Å²) in [6.45, 7) is 1.75. The van der Waals surface area contributed by atoms with Crippen LogP contribution < -0.4 is 5.32 Å². The van der Waals surface area contributed by atoms with Gasteiger partial charge in [0, 0.05) is 27.8 Å². The van der Waals surface area contributed by atoms with E-state index in [-0.39, 0.29) is 0 Å². The van der Waals surface area contributed by atoms with Gasteiger partial charge in [-0.3, -0.25) is 0 Å². The minimum Gasteiger partial charge on any atom is -0.465 e. The molecular formula is C12H12BrNOS. The van der Waals surface area contributed by atoms with Gasteiger partial charge in [0.2, 0.25) is 0 Å². The Hall–Kier alpha value is -0.840. The Kier molecular flexibility index (Phi) is 4.39. The second kappa shape index (κ2) is 6.03. The lowest BCUT2D eigenvalue weighted by molar-refractivity contribution is 0.556. The summed E-state index contributed by atoms with van der Waals surface area (Å²) in [7, 11) is 0. The van der Waals surface area contributed by atoms with E-state index in [1.807, 2.05) is 18.2 Å². The van der Waals surface area contributed by atoms with Gasteiger partial charge in [0.15, 0.2) is 0 Å². The molecule has 84 valence electrons. The Morgan fingerprint density at radius 2 is 2.44 bits per heavy atom. The van der Waals surface area contributed by atoms with Gasteiger partial charge >= 0.3 is 0 Å². The van der Waals surface area contributed by atoms with E-state index in [2.05, 4.69) is 38.8 Å². The normalized spacial score (nSPS) is 11.3. The lowest BCUT2D eigenvalue weighted by atomic mass is 10.4. The summed E-state index contributed by atoms with van der Waals surface area (Å²) >= 11 is 5.19. The van der Waals surface area contributed by atoms with Crippen LogP contribution in [0.4, 0.5) is 0 Å². The van der Waals surface area contributed by atoms with Gasteiger partial charge in [-0.15, -0.1) is 11.3 Å². The van der Waals surface area contributed by atoms with Gasteiger partial charge in [0.1, 0.15) is 5.76 Å². The molecule has 0 atom stereocenters. The molecule has 0 unspecified atom stereocenters. The molecule has 0 aliphatic rings. The van der Waals surface area contributed by atoms with Crippen molar-refractivity contribution >= 4 is 33.3 Å². The zero-order chi connectivity index (χ0) is 11.2. The van der Waals surface area contributed by atoms with E-state index in [0.29, 0.717) is 0 Å². The van der Waals surface area contributed by atoms with Crippen molar-refractivity contribution in [3.63, 3.8) is 0 Å². The van der Waals surface area contributed by atoms with Crippen LogP contribution >= 0.6 is 27.3 Å². The molecule has 2 nitrogen and oxygen atoms in total. The van der Waals surface area contributed by atoms with E-state index in [4.69, 9.17) is 4.42 Å². The maximum atomic E-state index is 5.18. The SMILES string of the molecule is Brc1csc(CNC/C=C/c2ccco2)c1. The summed E-state index contributed by atoms with van der Waals surface area (Å²) in [5.74, 6) is 0.890. The van der Waals surface area contributed by atoms with Crippen LogP contribution in [-0.2, 0) is 6.54 Å². The van der Waals surface area contributed by atoms with Crippen LogP contribution in [0.5, 0.6) is 0 Å². The molecule has 0 amide bonds. The Morgan fingerprint density at radius 3 is 3.12 bits per heavy atom. The number of hydrogen-bond acceptors (Lipinski definition) is 3. The first-order chi connectivity index (χ1) is 7.84. The molecule has 0 spiro atoms. The first-order valence-electron chi connectivity index (χ1n) is 4.98. The molecule has 0 aliphatic heterocycles. The fraction of sp³-hybridized carbons (Fsp3) is 0.167. The van der Waals surface area contributed by atoms with Gasteiger partial charge < -0.3 is 9.73 Å². The van der Waals surface area contributed by atoms with Gasteiger partial charge in [0.25, 0.3) is 0 Å². The molecule has 2 heterocycles. The second-order valence-corrected chi connectivity index (χ2v) is 5.19. The molecule has 16 heavy (non-hydrogen) atoms. The van der Waals surface area contributed by atoms with E-state index >= 15 is 0 Å². The van der Waals surface area contributed by atoms with E-state index < -0.39 is 0 Å². The van der Waals surface area contributed by atoms with E-state index in [0.717, 1.165) is 23.3 Å². The zero-order valence-electron chi connectivity index (χ0n) is 8.65. The number of hydrogen-bond donors (Lipinski definition) is 1. The molecule has 0 bridgehead atoms. The molecule has 0 aliphatic carbocycles. The van der Waals surface area contributed by atoms with Crippen LogP contribution in [0.15, 0.2) is 44.8 Å². The van der Waals surface area contributed by atoms with Crippen molar-refractivity contribution in [2.24, 2.45) is 0 Å². The van der Waals surface area contributed by atoms with Crippen LogP contribution in [0.2, 0.25) is 0 Å². The van der Waals surface area contributed by atoms with E-state index in [9.17, 15) is 0 Å². The number of thiophene rings is 1. The molecule has 4 heteroatoms. The highest BCUT2D eigenvalue weighted by Crippen LogP contribution is 2.19. The van der Waals surface area contributed by atoms with Gasteiger partial charge in [-0.2, -0.15) is 0 Å². The molecular weight excluding hydrogens is 286 g/mol. The quantitative estimate of drug-likeness (QED) is 0.847. The summed E-state index contributed by atoms with van der Waals surface area (Å²) < 4.78 is 6.34. The number of nitrogens with one attached hydrogen (secondary N) is 1. The molecule has 2 aromatic rings. The molecule has 1 N–H and O–H groups in total. The van der Waals surface area contributed by atoms with E-state index in [1.165, 1.54) is 4.88 Å². The molecule has 0 radical (unpaired) electrons. The van der Waals surface area contributed by atoms with Crippen LogP contribution in [0.1, 0.15) is 10.6 Å². The van der Waals surface area contributed by atoms with Crippen LogP contribution in [0.25, 0.3) is 6.08 Å². The monoisotopic (exact) mass is 297 g/mol. The highest BCUT2D eigenvalue weighted by atomic mass is 79.9. The lowest BCUT2D eigenvalue weighted by Gasteiger charge is -1.97. The van der Waals surface area contributed by atoms with Gasteiger partial charge in [-0.05, 0) is 40.2 Å². The minimum atomic E-state index is 0.843. The molecule has 0 saturated carbocycles. The van der Waals surface area contributed by atoms with Crippen LogP contribution in [0.3, 0.4) is 0 Å². The Balaban J connectivity index is 1.69. The Labute approximate surface area is 107 Å². The molecule has 0 fully saturated rings. The van der Waals surface area contributed by atoms with Crippen LogP contribution in [0, 0.1) is 0 Å². The average Bonchev–Trinajstić information content (AvgIpc) is 2.89. The molecule has 0 saturated heterocycles. The molecule has 2 aromatic heterocycles. The van der Waals surface area contributed by atoms with Crippen LogP contribution in [-0.4, -0.2) is 6.54 Å². The zero-order valence-corrected chi connectivity index (χ0v) is 11.1. The topological polar surface area (TPSA) is 25.2 Å². The fourth-order valence-corrected chi connectivity index (χ4v) is 2.71. The first kappa shape index (κ1) is 11.6. The lowest BCUT2D eigenvalue weighted by Crippen LogP contribution is -2.11. The summed E-state index contributed by atoms with van der Waals surface area (Å²) in [5.41, 5.74) is 0. The summed E-state index contributed by atoms with van der Waals surface area (Å²) in [5, 5.41) is 5.43. The maximum Gasteiger partial charge on any atom is 0.126 e. The summed E-state index contributed by atoms with van der Waals surface area (Å²) in [6.07, 6.45) is 5.70. The number of furan rings is 1. The standard InChI is InChI=1S/C12H12BrNOS/c13-10-7-12(16-9-10)8-14-5-1-3-11-4-2-6-15-11/h1-4,6-7,9,14H,5,8H2/b3-1+. The maximum absolute atomic E-state index is 5.18. The first-order valence-corrected chi connectivity index (χ1v) is 6.65. The highest BCUT2D eigenvalue weighted by molar-refractivity contribution is 9.10. The van der Waals surface area contributed by atoms with Gasteiger partial charge in [0.05, 0.1) is 6.26 Å². The minimum absolute atomic E-state index is 0.843. The largest absolute Gasteiger partial charge is 0.465 e. The van der Waals surface area contributed by atoms with Gasteiger partial charge in [-0.1, -0.05) is 6.08 Å². The molecule has 2 rings (SSSR count). The van der Waals surface area contributed by atoms with Crippen molar-refractivity contribution in [1.82, 2.24) is 5.32 Å². The third kappa shape index (κ3) is 3.63. The smallest absolute Gasteiger partial charge is 0.126 e. The van der Waals surface area contributed by atoms with Crippen molar-refractivity contribution < 1.29 is 4.42 Å². The predicted molar refractivity (Wildman–Crippen MR) is 71.5 cm³/mol. The van der Waals surface area contributed by atoms with E-state index in [1.54, 1.807) is 17.6 Å². The number of rotatable bonds is 5. The molecule has 0 aromatic carbocycles. The highest BCUT2D eigenvalue weighted by Gasteiger charge is 1.95. The second-order valence-electron chi connectivity index (χ2n) is 3.28. The third-order valence-corrected chi connectivity index (χ3v) is 3.71. The Bertz CT molecular complexity index is 447. The predicted octanol–water partition coefficient (Wildman–Crippen LogP) is 3.91. The average molecular weight is 298 g/mol. The Morgan fingerprint density at radius 1 is 1.50 bits per heavy atom.